The molecule has 15 heavy (non-hydrogen) atoms. The second-order valence-corrected chi connectivity index (χ2v) is 5.00. The van der Waals surface area contributed by atoms with E-state index in [-0.39, 0.29) is 0 Å². The number of aliphatic imine (C=N–C) groups is 1. The Balaban J connectivity index is 1.62. The molecule has 3 fully saturated rings. The zero-order valence-electron chi connectivity index (χ0n) is 9.23. The first kappa shape index (κ1) is 9.46. The second kappa shape index (κ2) is 3.67. The van der Waals surface area contributed by atoms with Gasteiger partial charge in [0.2, 0.25) is 0 Å². The number of rotatable bonds is 1. The fourth-order valence-corrected chi connectivity index (χ4v) is 2.67. The highest BCUT2D eigenvalue weighted by Crippen LogP contribution is 2.25. The number of nitrogens with zero attached hydrogens (tertiary/aromatic N) is 3. The van der Waals surface area contributed by atoms with Crippen LogP contribution in [0, 0.1) is 0 Å². The van der Waals surface area contributed by atoms with E-state index >= 15 is 0 Å². The Hall–Kier alpha value is -0.770. The smallest absolute Gasteiger partial charge is 0.191 e. The molecule has 0 aromatic carbocycles. The number of piperazine rings is 1. The van der Waals surface area contributed by atoms with Gasteiger partial charge in [-0.1, -0.05) is 0 Å². The topological polar surface area (TPSA) is 44.9 Å². The molecule has 4 heteroatoms. The minimum Gasteiger partial charge on any atom is -0.370 e. The van der Waals surface area contributed by atoms with Crippen LogP contribution in [-0.2, 0) is 0 Å². The maximum absolute atomic E-state index is 6.03. The van der Waals surface area contributed by atoms with E-state index in [1.807, 2.05) is 0 Å². The van der Waals surface area contributed by atoms with E-state index in [0.29, 0.717) is 6.04 Å². The Labute approximate surface area is 91.1 Å². The van der Waals surface area contributed by atoms with E-state index in [2.05, 4.69) is 14.8 Å². The maximum Gasteiger partial charge on any atom is 0.191 e. The SMILES string of the molecule is NC(=NC1CC1)N1CCN2CCCC2C1. The zero-order chi connectivity index (χ0) is 10.3. The Bertz CT molecular complexity index is 272. The minimum absolute atomic E-state index is 0.548. The van der Waals surface area contributed by atoms with E-state index in [9.17, 15) is 0 Å². The number of hydrogen-bond donors (Lipinski definition) is 1. The van der Waals surface area contributed by atoms with Crippen molar-refractivity contribution in [3.05, 3.63) is 0 Å². The van der Waals surface area contributed by atoms with Gasteiger partial charge < -0.3 is 10.6 Å². The van der Waals surface area contributed by atoms with Gasteiger partial charge in [-0.2, -0.15) is 0 Å². The average Bonchev–Trinajstić information content (AvgIpc) is 2.94. The summed E-state index contributed by atoms with van der Waals surface area (Å²) in [5.41, 5.74) is 6.03. The molecule has 1 aliphatic carbocycles. The molecule has 2 N–H and O–H groups in total. The first-order valence-electron chi connectivity index (χ1n) is 6.15. The van der Waals surface area contributed by atoms with Crippen LogP contribution >= 0.6 is 0 Å². The molecule has 0 spiro atoms. The van der Waals surface area contributed by atoms with Crippen molar-refractivity contribution in [1.82, 2.24) is 9.80 Å². The third-order valence-corrected chi connectivity index (χ3v) is 3.77. The molecule has 1 atom stereocenters. The van der Waals surface area contributed by atoms with Crippen LogP contribution in [0.2, 0.25) is 0 Å². The summed E-state index contributed by atoms with van der Waals surface area (Å²) in [4.78, 5) is 9.41. The Kier molecular flexibility index (Phi) is 2.31. The first-order valence-corrected chi connectivity index (χ1v) is 6.15. The number of fused-ring (bicyclic) bond motifs is 1. The standard InChI is InChI=1S/C11H20N4/c12-11(13-9-3-4-9)15-7-6-14-5-1-2-10(14)8-15/h9-10H,1-8H2,(H2,12,13). The molecule has 2 saturated heterocycles. The summed E-state index contributed by atoms with van der Waals surface area (Å²) in [6.45, 7) is 4.63. The van der Waals surface area contributed by atoms with Crippen molar-refractivity contribution in [2.24, 2.45) is 10.7 Å². The van der Waals surface area contributed by atoms with E-state index < -0.39 is 0 Å². The van der Waals surface area contributed by atoms with Crippen molar-refractivity contribution in [3.63, 3.8) is 0 Å². The van der Waals surface area contributed by atoms with Crippen LogP contribution in [0.5, 0.6) is 0 Å². The third kappa shape index (κ3) is 1.95. The average molecular weight is 208 g/mol. The Morgan fingerprint density at radius 3 is 2.80 bits per heavy atom. The third-order valence-electron chi connectivity index (χ3n) is 3.77. The largest absolute Gasteiger partial charge is 0.370 e. The summed E-state index contributed by atoms with van der Waals surface area (Å²) in [7, 11) is 0. The van der Waals surface area contributed by atoms with Crippen LogP contribution in [-0.4, -0.2) is 54.0 Å². The van der Waals surface area contributed by atoms with Gasteiger partial charge in [-0.3, -0.25) is 4.90 Å². The van der Waals surface area contributed by atoms with E-state index in [0.717, 1.165) is 25.1 Å². The molecule has 4 nitrogen and oxygen atoms in total. The second-order valence-electron chi connectivity index (χ2n) is 5.00. The minimum atomic E-state index is 0.548. The lowest BCUT2D eigenvalue weighted by atomic mass is 10.2. The van der Waals surface area contributed by atoms with Crippen LogP contribution in [0.4, 0.5) is 0 Å². The highest BCUT2D eigenvalue weighted by atomic mass is 15.3. The summed E-state index contributed by atoms with van der Waals surface area (Å²) in [6, 6.07) is 1.29. The predicted molar refractivity (Wildman–Crippen MR) is 60.8 cm³/mol. The van der Waals surface area contributed by atoms with E-state index in [4.69, 9.17) is 5.73 Å². The van der Waals surface area contributed by atoms with Gasteiger partial charge in [0.25, 0.3) is 0 Å². The van der Waals surface area contributed by atoms with Gasteiger partial charge in [-0.15, -0.1) is 0 Å². The van der Waals surface area contributed by atoms with Gasteiger partial charge in [0.05, 0.1) is 6.04 Å². The molecule has 0 aromatic rings. The van der Waals surface area contributed by atoms with Gasteiger partial charge in [-0.25, -0.2) is 4.99 Å². The maximum atomic E-state index is 6.03. The van der Waals surface area contributed by atoms with Gasteiger partial charge in [-0.05, 0) is 32.2 Å². The van der Waals surface area contributed by atoms with Crippen molar-refractivity contribution in [3.8, 4) is 0 Å². The van der Waals surface area contributed by atoms with Gasteiger partial charge >= 0.3 is 0 Å². The number of nitrogens with two attached hydrogens (primary N) is 1. The molecule has 3 rings (SSSR count). The van der Waals surface area contributed by atoms with Crippen molar-refractivity contribution in [2.45, 2.75) is 37.8 Å². The molecule has 0 radical (unpaired) electrons. The lowest BCUT2D eigenvalue weighted by Gasteiger charge is -2.38. The molecule has 2 aliphatic heterocycles. The Morgan fingerprint density at radius 2 is 2.00 bits per heavy atom. The summed E-state index contributed by atoms with van der Waals surface area (Å²) >= 11 is 0. The van der Waals surface area contributed by atoms with Crippen molar-refractivity contribution in [1.29, 1.82) is 0 Å². The molecule has 0 aromatic heterocycles. The summed E-state index contributed by atoms with van der Waals surface area (Å²) in [5.74, 6) is 0.795. The molecule has 0 amide bonds. The number of hydrogen-bond acceptors (Lipinski definition) is 2. The summed E-state index contributed by atoms with van der Waals surface area (Å²) in [6.07, 6.45) is 5.18. The molecular weight excluding hydrogens is 188 g/mol. The molecule has 1 unspecified atom stereocenters. The predicted octanol–water partition coefficient (Wildman–Crippen LogP) is 0.243. The lowest BCUT2D eigenvalue weighted by molar-refractivity contribution is 0.150. The van der Waals surface area contributed by atoms with Gasteiger partial charge in [0.1, 0.15) is 0 Å². The fraction of sp³-hybridized carbons (Fsp3) is 0.909. The van der Waals surface area contributed by atoms with Crippen LogP contribution in [0.1, 0.15) is 25.7 Å². The normalized spacial score (nSPS) is 33.2. The summed E-state index contributed by atoms with van der Waals surface area (Å²) < 4.78 is 0. The molecule has 84 valence electrons. The van der Waals surface area contributed by atoms with Crippen molar-refractivity contribution >= 4 is 5.96 Å². The highest BCUT2D eigenvalue weighted by Gasteiger charge is 2.31. The summed E-state index contributed by atoms with van der Waals surface area (Å²) in [5, 5.41) is 0. The monoisotopic (exact) mass is 208 g/mol. The molecule has 0 bridgehead atoms. The Morgan fingerprint density at radius 1 is 1.13 bits per heavy atom. The molecule has 3 aliphatic rings. The van der Waals surface area contributed by atoms with Gasteiger partial charge in [0, 0.05) is 25.7 Å². The zero-order valence-corrected chi connectivity index (χ0v) is 9.23. The van der Waals surface area contributed by atoms with Crippen molar-refractivity contribution < 1.29 is 0 Å². The van der Waals surface area contributed by atoms with Crippen molar-refractivity contribution in [2.75, 3.05) is 26.2 Å². The molecule has 2 heterocycles. The van der Waals surface area contributed by atoms with Crippen LogP contribution in [0.25, 0.3) is 0 Å². The van der Waals surface area contributed by atoms with Crippen LogP contribution in [0.15, 0.2) is 4.99 Å². The fourth-order valence-electron chi connectivity index (χ4n) is 2.67. The van der Waals surface area contributed by atoms with Crippen LogP contribution in [0.3, 0.4) is 0 Å². The first-order chi connectivity index (χ1) is 7.33. The van der Waals surface area contributed by atoms with Gasteiger partial charge in [0.15, 0.2) is 5.96 Å². The number of guanidine groups is 1. The lowest BCUT2D eigenvalue weighted by Crippen LogP contribution is -2.54. The molecular formula is C11H20N4. The molecule has 1 saturated carbocycles. The highest BCUT2D eigenvalue weighted by molar-refractivity contribution is 5.78. The quantitative estimate of drug-likeness (QED) is 0.496. The van der Waals surface area contributed by atoms with E-state index in [1.165, 1.54) is 38.8 Å². The van der Waals surface area contributed by atoms with E-state index in [1.54, 1.807) is 0 Å². The van der Waals surface area contributed by atoms with Crippen LogP contribution < -0.4 is 5.73 Å².